The minimum Gasteiger partial charge on any atom is -0.508 e. The fourth-order valence-corrected chi connectivity index (χ4v) is 2.16. The maximum Gasteiger partial charge on any atom is 0.116 e. The number of hydrogen-bond acceptors (Lipinski definition) is 2. The van der Waals surface area contributed by atoms with Gasteiger partial charge < -0.3 is 5.11 Å². The van der Waals surface area contributed by atoms with E-state index in [1.807, 2.05) is 43.5 Å². The first-order chi connectivity index (χ1) is 8.74. The van der Waals surface area contributed by atoms with Gasteiger partial charge in [0.2, 0.25) is 0 Å². The van der Waals surface area contributed by atoms with E-state index in [4.69, 9.17) is 0 Å². The van der Waals surface area contributed by atoms with Crippen LogP contribution in [0.2, 0.25) is 0 Å². The highest BCUT2D eigenvalue weighted by Gasteiger charge is 2.06. The number of rotatable bonds is 1. The Morgan fingerprint density at radius 3 is 2.61 bits per heavy atom. The highest BCUT2D eigenvalue weighted by atomic mass is 16.3. The van der Waals surface area contributed by atoms with Gasteiger partial charge in [0, 0.05) is 17.5 Å². The van der Waals surface area contributed by atoms with Crippen molar-refractivity contribution in [3.63, 3.8) is 0 Å². The van der Waals surface area contributed by atoms with Crippen molar-refractivity contribution in [2.24, 2.45) is 0 Å². The minimum absolute atomic E-state index is 0.282. The lowest BCUT2D eigenvalue weighted by Crippen LogP contribution is -1.85. The summed E-state index contributed by atoms with van der Waals surface area (Å²) in [5.74, 6) is 0.282. The predicted molar refractivity (Wildman–Crippen MR) is 73.6 cm³/mol. The van der Waals surface area contributed by atoms with Crippen LogP contribution >= 0.6 is 0 Å². The molecule has 0 aliphatic rings. The molecule has 18 heavy (non-hydrogen) atoms. The molecule has 1 N–H and O–H groups in total. The molecule has 0 bridgehead atoms. The summed E-state index contributed by atoms with van der Waals surface area (Å²) in [5, 5.41) is 12.0. The highest BCUT2D eigenvalue weighted by Crippen LogP contribution is 2.32. The van der Waals surface area contributed by atoms with E-state index >= 15 is 0 Å². The number of phenols is 1. The van der Waals surface area contributed by atoms with Crippen LogP contribution < -0.4 is 0 Å². The maximum atomic E-state index is 9.81. The molecule has 0 saturated heterocycles. The topological polar surface area (TPSA) is 33.1 Å². The summed E-state index contributed by atoms with van der Waals surface area (Å²) in [6.07, 6.45) is 1.84. The normalized spacial score (nSPS) is 10.7. The molecule has 2 heteroatoms. The van der Waals surface area contributed by atoms with Crippen molar-refractivity contribution in [3.8, 4) is 16.9 Å². The van der Waals surface area contributed by atoms with Gasteiger partial charge in [0.15, 0.2) is 0 Å². The monoisotopic (exact) mass is 235 g/mol. The first-order valence-corrected chi connectivity index (χ1v) is 5.89. The summed E-state index contributed by atoms with van der Waals surface area (Å²) in [6.45, 7) is 1.96. The number of aromatic nitrogens is 1. The van der Waals surface area contributed by atoms with Gasteiger partial charge in [-0.1, -0.05) is 30.3 Å². The van der Waals surface area contributed by atoms with Crippen LogP contribution in [0.5, 0.6) is 5.75 Å². The second-order valence-electron chi connectivity index (χ2n) is 4.40. The standard InChI is InChI=1S/C16H13NO/c1-11-6-7-13(10-17-11)16-9-14(18)8-12-4-2-3-5-15(12)16/h2-10,18H,1H3. The lowest BCUT2D eigenvalue weighted by atomic mass is 9.99. The molecular weight excluding hydrogens is 222 g/mol. The molecule has 88 valence electrons. The van der Waals surface area contributed by atoms with E-state index in [0.717, 1.165) is 27.6 Å². The van der Waals surface area contributed by atoms with E-state index in [-0.39, 0.29) is 5.75 Å². The van der Waals surface area contributed by atoms with Crippen molar-refractivity contribution >= 4 is 10.8 Å². The van der Waals surface area contributed by atoms with E-state index < -0.39 is 0 Å². The third-order valence-electron chi connectivity index (χ3n) is 3.07. The van der Waals surface area contributed by atoms with Gasteiger partial charge in [-0.3, -0.25) is 4.98 Å². The van der Waals surface area contributed by atoms with E-state index in [1.165, 1.54) is 0 Å². The third kappa shape index (κ3) is 1.82. The van der Waals surface area contributed by atoms with Crippen LogP contribution in [0, 0.1) is 6.92 Å². The van der Waals surface area contributed by atoms with Crippen LogP contribution in [0.3, 0.4) is 0 Å². The molecular formula is C16H13NO. The molecule has 3 aromatic rings. The summed E-state index contributed by atoms with van der Waals surface area (Å²) in [7, 11) is 0. The van der Waals surface area contributed by atoms with E-state index in [1.54, 1.807) is 12.1 Å². The molecule has 0 fully saturated rings. The molecule has 0 aliphatic heterocycles. The van der Waals surface area contributed by atoms with E-state index in [0.29, 0.717) is 0 Å². The predicted octanol–water partition coefficient (Wildman–Crippen LogP) is 3.92. The third-order valence-corrected chi connectivity index (χ3v) is 3.07. The van der Waals surface area contributed by atoms with Gasteiger partial charge >= 0.3 is 0 Å². The molecule has 0 unspecified atom stereocenters. The summed E-state index contributed by atoms with van der Waals surface area (Å²) in [5.41, 5.74) is 3.02. The van der Waals surface area contributed by atoms with Crippen LogP contribution in [-0.4, -0.2) is 10.1 Å². The van der Waals surface area contributed by atoms with Gasteiger partial charge in [0.1, 0.15) is 5.75 Å². The molecule has 1 heterocycles. The van der Waals surface area contributed by atoms with Gasteiger partial charge in [-0.15, -0.1) is 0 Å². The Bertz CT molecular complexity index is 702. The molecule has 0 atom stereocenters. The number of aromatic hydroxyl groups is 1. The molecule has 2 nitrogen and oxygen atoms in total. The molecule has 0 radical (unpaired) electrons. The summed E-state index contributed by atoms with van der Waals surface area (Å²) >= 11 is 0. The number of phenolic OH excluding ortho intramolecular Hbond substituents is 1. The first kappa shape index (κ1) is 10.8. The SMILES string of the molecule is Cc1ccc(-c2cc(O)cc3ccccc23)cn1. The summed E-state index contributed by atoms with van der Waals surface area (Å²) in [4.78, 5) is 4.31. The zero-order valence-corrected chi connectivity index (χ0v) is 10.1. The first-order valence-electron chi connectivity index (χ1n) is 5.89. The van der Waals surface area contributed by atoms with Gasteiger partial charge in [0.25, 0.3) is 0 Å². The summed E-state index contributed by atoms with van der Waals surface area (Å²) < 4.78 is 0. The number of fused-ring (bicyclic) bond motifs is 1. The van der Waals surface area contributed by atoms with Crippen molar-refractivity contribution in [2.75, 3.05) is 0 Å². The molecule has 1 aromatic heterocycles. The second kappa shape index (κ2) is 4.15. The molecule has 0 saturated carbocycles. The van der Waals surface area contributed by atoms with Crippen LogP contribution in [-0.2, 0) is 0 Å². The Labute approximate surface area is 106 Å². The fraction of sp³-hybridized carbons (Fsp3) is 0.0625. The second-order valence-corrected chi connectivity index (χ2v) is 4.40. The Morgan fingerprint density at radius 2 is 1.83 bits per heavy atom. The molecule has 2 aromatic carbocycles. The van der Waals surface area contributed by atoms with Gasteiger partial charge in [-0.25, -0.2) is 0 Å². The number of pyridine rings is 1. The lowest BCUT2D eigenvalue weighted by Gasteiger charge is -2.08. The van der Waals surface area contributed by atoms with Gasteiger partial charge in [-0.05, 0) is 41.5 Å². The molecule has 0 aliphatic carbocycles. The van der Waals surface area contributed by atoms with Gasteiger partial charge in [0.05, 0.1) is 0 Å². The van der Waals surface area contributed by atoms with Crippen LogP contribution in [0.15, 0.2) is 54.7 Å². The zero-order chi connectivity index (χ0) is 12.5. The Morgan fingerprint density at radius 1 is 1.00 bits per heavy atom. The zero-order valence-electron chi connectivity index (χ0n) is 10.1. The van der Waals surface area contributed by atoms with Crippen LogP contribution in [0.4, 0.5) is 0 Å². The van der Waals surface area contributed by atoms with Crippen molar-refractivity contribution in [2.45, 2.75) is 6.92 Å². The van der Waals surface area contributed by atoms with Gasteiger partial charge in [-0.2, -0.15) is 0 Å². The maximum absolute atomic E-state index is 9.81. The fourth-order valence-electron chi connectivity index (χ4n) is 2.16. The number of benzene rings is 2. The average Bonchev–Trinajstić information content (AvgIpc) is 2.38. The van der Waals surface area contributed by atoms with E-state index in [2.05, 4.69) is 11.1 Å². The van der Waals surface area contributed by atoms with Crippen molar-refractivity contribution in [3.05, 3.63) is 60.4 Å². The number of aryl methyl sites for hydroxylation is 1. The molecule has 0 amide bonds. The lowest BCUT2D eigenvalue weighted by molar-refractivity contribution is 0.476. The quantitative estimate of drug-likeness (QED) is 0.693. The van der Waals surface area contributed by atoms with E-state index in [9.17, 15) is 5.11 Å². The number of hydrogen-bond donors (Lipinski definition) is 1. The van der Waals surface area contributed by atoms with Crippen molar-refractivity contribution in [1.82, 2.24) is 4.98 Å². The Hall–Kier alpha value is -2.35. The smallest absolute Gasteiger partial charge is 0.116 e. The van der Waals surface area contributed by atoms with Crippen molar-refractivity contribution in [1.29, 1.82) is 0 Å². The summed E-state index contributed by atoms with van der Waals surface area (Å²) in [6, 6.07) is 15.6. The number of nitrogens with zero attached hydrogens (tertiary/aromatic N) is 1. The molecule has 0 spiro atoms. The largest absolute Gasteiger partial charge is 0.508 e. The van der Waals surface area contributed by atoms with Crippen LogP contribution in [0.25, 0.3) is 21.9 Å². The van der Waals surface area contributed by atoms with Crippen LogP contribution in [0.1, 0.15) is 5.69 Å². The molecule has 3 rings (SSSR count). The highest BCUT2D eigenvalue weighted by molar-refractivity contribution is 5.97. The minimum atomic E-state index is 0.282. The Kier molecular flexibility index (Phi) is 2.49. The average molecular weight is 235 g/mol. The Balaban J connectivity index is 2.31. The van der Waals surface area contributed by atoms with Crippen molar-refractivity contribution < 1.29 is 5.11 Å².